The zero-order valence-corrected chi connectivity index (χ0v) is 13.6. The highest BCUT2D eigenvalue weighted by Crippen LogP contribution is 2.29. The first-order chi connectivity index (χ1) is 10.2. The van der Waals surface area contributed by atoms with Crippen molar-refractivity contribution in [2.45, 2.75) is 32.2 Å². The first kappa shape index (κ1) is 14.7. The molecule has 0 saturated carbocycles. The molecule has 2 N–H and O–H groups in total. The minimum atomic E-state index is 0.0156. The molecule has 1 saturated heterocycles. The maximum atomic E-state index is 11.9. The van der Waals surface area contributed by atoms with Gasteiger partial charge in [-0.25, -0.2) is 4.98 Å². The summed E-state index contributed by atoms with van der Waals surface area (Å²) in [6, 6.07) is 4.27. The van der Waals surface area contributed by atoms with Gasteiger partial charge >= 0.3 is 0 Å². The van der Waals surface area contributed by atoms with Crippen LogP contribution in [0, 0.1) is 6.92 Å². The van der Waals surface area contributed by atoms with Gasteiger partial charge in [0.25, 0.3) is 0 Å². The maximum Gasteiger partial charge on any atom is 0.237 e. The van der Waals surface area contributed by atoms with E-state index in [9.17, 15) is 4.79 Å². The summed E-state index contributed by atoms with van der Waals surface area (Å²) in [5.74, 6) is 0.138. The number of rotatable bonds is 5. The third-order valence-electron chi connectivity index (χ3n) is 3.58. The van der Waals surface area contributed by atoms with Crippen molar-refractivity contribution in [2.24, 2.45) is 0 Å². The third-order valence-corrected chi connectivity index (χ3v) is 5.52. The molecule has 1 aliphatic heterocycles. The zero-order valence-electron chi connectivity index (χ0n) is 12.0. The van der Waals surface area contributed by atoms with Crippen LogP contribution in [0.5, 0.6) is 0 Å². The fraction of sp³-hybridized carbons (Fsp3) is 0.467. The van der Waals surface area contributed by atoms with Crippen LogP contribution in [0.15, 0.2) is 17.5 Å². The number of carbonyl (C=O) groups is 1. The summed E-state index contributed by atoms with van der Waals surface area (Å²) in [6.07, 6.45) is 2.93. The van der Waals surface area contributed by atoms with E-state index in [1.807, 2.05) is 6.92 Å². The van der Waals surface area contributed by atoms with Gasteiger partial charge in [0.15, 0.2) is 0 Å². The topological polar surface area (TPSA) is 54.0 Å². The molecule has 4 nitrogen and oxygen atoms in total. The molecule has 1 fully saturated rings. The number of aromatic nitrogens is 1. The second-order valence-electron chi connectivity index (χ2n) is 5.21. The van der Waals surface area contributed by atoms with Crippen LogP contribution >= 0.6 is 22.7 Å². The summed E-state index contributed by atoms with van der Waals surface area (Å²) in [7, 11) is 0. The summed E-state index contributed by atoms with van der Waals surface area (Å²) in [5, 5.41) is 9.42. The van der Waals surface area contributed by atoms with E-state index in [0.717, 1.165) is 36.5 Å². The van der Waals surface area contributed by atoms with Gasteiger partial charge in [-0.3, -0.25) is 4.79 Å². The molecular formula is C15H19N3OS2. The number of thiophene rings is 1. The largest absolute Gasteiger partial charge is 0.354 e. The van der Waals surface area contributed by atoms with Crippen molar-refractivity contribution in [3.8, 4) is 10.6 Å². The highest BCUT2D eigenvalue weighted by atomic mass is 32.1. The lowest BCUT2D eigenvalue weighted by molar-refractivity contribution is -0.122. The number of carbonyl (C=O) groups excluding carboxylic acids is 1. The van der Waals surface area contributed by atoms with Crippen molar-refractivity contribution in [2.75, 3.05) is 13.1 Å². The smallest absolute Gasteiger partial charge is 0.237 e. The fourth-order valence-electron chi connectivity index (χ4n) is 2.47. The summed E-state index contributed by atoms with van der Waals surface area (Å²) in [6.45, 7) is 3.68. The van der Waals surface area contributed by atoms with Gasteiger partial charge in [0.2, 0.25) is 5.91 Å². The molecule has 0 bridgehead atoms. The molecule has 1 aliphatic rings. The molecule has 21 heavy (non-hydrogen) atoms. The minimum absolute atomic E-state index is 0.0156. The van der Waals surface area contributed by atoms with E-state index in [0.29, 0.717) is 6.54 Å². The minimum Gasteiger partial charge on any atom is -0.354 e. The molecule has 112 valence electrons. The first-order valence-electron chi connectivity index (χ1n) is 7.25. The first-order valence-corrected chi connectivity index (χ1v) is 8.94. The molecule has 0 spiro atoms. The Kier molecular flexibility index (Phi) is 4.67. The standard InChI is InChI=1S/C15H19N3OS2/c1-10-18-13(9-20-10)14-5-4-11(21-14)6-8-17-15(19)12-3-2-7-16-12/h4-5,9,12,16H,2-3,6-8H2,1H3,(H,17,19). The van der Waals surface area contributed by atoms with E-state index in [2.05, 4.69) is 33.1 Å². The van der Waals surface area contributed by atoms with Crippen LogP contribution in [-0.4, -0.2) is 30.0 Å². The number of hydrogen-bond acceptors (Lipinski definition) is 5. The Morgan fingerprint density at radius 1 is 1.52 bits per heavy atom. The Labute approximate surface area is 132 Å². The molecule has 2 aromatic rings. The molecule has 2 aromatic heterocycles. The Morgan fingerprint density at radius 3 is 3.14 bits per heavy atom. The van der Waals surface area contributed by atoms with E-state index in [-0.39, 0.29) is 11.9 Å². The SMILES string of the molecule is Cc1nc(-c2ccc(CCNC(=O)C3CCCN3)s2)cs1. The van der Waals surface area contributed by atoms with Gasteiger partial charge in [-0.1, -0.05) is 0 Å². The van der Waals surface area contributed by atoms with Gasteiger partial charge in [-0.2, -0.15) is 0 Å². The number of nitrogens with one attached hydrogen (secondary N) is 2. The molecule has 1 amide bonds. The summed E-state index contributed by atoms with van der Waals surface area (Å²) in [5.41, 5.74) is 1.06. The number of amides is 1. The van der Waals surface area contributed by atoms with Crippen molar-refractivity contribution in [1.29, 1.82) is 0 Å². The highest BCUT2D eigenvalue weighted by molar-refractivity contribution is 7.16. The molecule has 3 heterocycles. The summed E-state index contributed by atoms with van der Waals surface area (Å²) >= 11 is 3.44. The Hall–Kier alpha value is -1.24. The van der Waals surface area contributed by atoms with Gasteiger partial charge < -0.3 is 10.6 Å². The van der Waals surface area contributed by atoms with Gasteiger partial charge in [0.05, 0.1) is 21.6 Å². The van der Waals surface area contributed by atoms with E-state index < -0.39 is 0 Å². The van der Waals surface area contributed by atoms with Crippen LogP contribution < -0.4 is 10.6 Å². The molecule has 0 aromatic carbocycles. The Morgan fingerprint density at radius 2 is 2.43 bits per heavy atom. The number of hydrogen-bond donors (Lipinski definition) is 2. The predicted octanol–water partition coefficient (Wildman–Crippen LogP) is 2.59. The number of aryl methyl sites for hydroxylation is 1. The average Bonchev–Trinajstić information content (AvgIpc) is 3.19. The molecule has 0 aliphatic carbocycles. The predicted molar refractivity (Wildman–Crippen MR) is 87.9 cm³/mol. The third kappa shape index (κ3) is 3.70. The second-order valence-corrected chi connectivity index (χ2v) is 7.44. The van der Waals surface area contributed by atoms with Crippen molar-refractivity contribution in [1.82, 2.24) is 15.6 Å². The van der Waals surface area contributed by atoms with E-state index in [1.165, 1.54) is 9.75 Å². The molecule has 0 radical (unpaired) electrons. The van der Waals surface area contributed by atoms with Crippen LogP contribution in [0.2, 0.25) is 0 Å². The Bertz CT molecular complexity index is 614. The monoisotopic (exact) mass is 321 g/mol. The quantitative estimate of drug-likeness (QED) is 0.890. The lowest BCUT2D eigenvalue weighted by atomic mass is 10.2. The second kappa shape index (κ2) is 6.68. The van der Waals surface area contributed by atoms with Crippen LogP contribution in [0.4, 0.5) is 0 Å². The van der Waals surface area contributed by atoms with Crippen molar-refractivity contribution < 1.29 is 4.79 Å². The number of nitrogens with zero attached hydrogens (tertiary/aromatic N) is 1. The van der Waals surface area contributed by atoms with Gasteiger partial charge in [0.1, 0.15) is 0 Å². The zero-order chi connectivity index (χ0) is 14.7. The molecule has 3 rings (SSSR count). The molecule has 1 unspecified atom stereocenters. The van der Waals surface area contributed by atoms with Gasteiger partial charge in [0, 0.05) is 16.8 Å². The lowest BCUT2D eigenvalue weighted by Crippen LogP contribution is -2.41. The average molecular weight is 321 g/mol. The van der Waals surface area contributed by atoms with Gasteiger partial charge in [-0.05, 0) is 44.9 Å². The summed E-state index contributed by atoms with van der Waals surface area (Å²) < 4.78 is 0. The van der Waals surface area contributed by atoms with Crippen LogP contribution in [0.1, 0.15) is 22.7 Å². The van der Waals surface area contributed by atoms with E-state index in [4.69, 9.17) is 0 Å². The van der Waals surface area contributed by atoms with E-state index >= 15 is 0 Å². The highest BCUT2D eigenvalue weighted by Gasteiger charge is 2.21. The molecule has 6 heteroatoms. The lowest BCUT2D eigenvalue weighted by Gasteiger charge is -2.10. The summed E-state index contributed by atoms with van der Waals surface area (Å²) in [4.78, 5) is 18.9. The van der Waals surface area contributed by atoms with Gasteiger partial charge in [-0.15, -0.1) is 22.7 Å². The maximum absolute atomic E-state index is 11.9. The normalized spacial score (nSPS) is 18.0. The molecule has 1 atom stereocenters. The molecular weight excluding hydrogens is 302 g/mol. The van der Waals surface area contributed by atoms with Crippen molar-refractivity contribution in [3.05, 3.63) is 27.4 Å². The fourth-order valence-corrected chi connectivity index (χ4v) is 4.12. The van der Waals surface area contributed by atoms with Crippen molar-refractivity contribution >= 4 is 28.6 Å². The Balaban J connectivity index is 1.49. The number of thiazole rings is 1. The van der Waals surface area contributed by atoms with Crippen LogP contribution in [0.3, 0.4) is 0 Å². The van der Waals surface area contributed by atoms with E-state index in [1.54, 1.807) is 22.7 Å². The van der Waals surface area contributed by atoms with Crippen LogP contribution in [0.25, 0.3) is 10.6 Å². The van der Waals surface area contributed by atoms with Crippen LogP contribution in [-0.2, 0) is 11.2 Å². The van der Waals surface area contributed by atoms with Crippen molar-refractivity contribution in [3.63, 3.8) is 0 Å².